The Kier molecular flexibility index (Phi) is 7.10. The average Bonchev–Trinajstić information content (AvgIpc) is 2.57. The SMILES string of the molecule is CC(C)Oc1cccc(N(CC(=O)NCc2ccccc2Cl)S(C)(=O)=O)c1. The third-order valence-electron chi connectivity index (χ3n) is 3.60. The van der Waals surface area contributed by atoms with Gasteiger partial charge < -0.3 is 10.1 Å². The molecule has 1 amide bonds. The maximum absolute atomic E-state index is 12.3. The molecule has 146 valence electrons. The van der Waals surface area contributed by atoms with Gasteiger partial charge in [-0.15, -0.1) is 0 Å². The quantitative estimate of drug-likeness (QED) is 0.725. The van der Waals surface area contributed by atoms with Crippen LogP contribution in [0.15, 0.2) is 48.5 Å². The number of rotatable bonds is 8. The Morgan fingerprint density at radius 2 is 1.89 bits per heavy atom. The van der Waals surface area contributed by atoms with Crippen molar-refractivity contribution in [2.24, 2.45) is 0 Å². The van der Waals surface area contributed by atoms with Gasteiger partial charge >= 0.3 is 0 Å². The van der Waals surface area contributed by atoms with E-state index in [0.717, 1.165) is 16.1 Å². The van der Waals surface area contributed by atoms with Crippen molar-refractivity contribution in [2.75, 3.05) is 17.1 Å². The first-order chi connectivity index (χ1) is 12.7. The molecule has 2 aromatic carbocycles. The second kappa shape index (κ2) is 9.10. The zero-order chi connectivity index (χ0) is 20.0. The molecule has 8 heteroatoms. The van der Waals surface area contributed by atoms with Crippen LogP contribution in [0.4, 0.5) is 5.69 Å². The van der Waals surface area contributed by atoms with Crippen LogP contribution in [0.3, 0.4) is 0 Å². The van der Waals surface area contributed by atoms with Crippen LogP contribution in [0, 0.1) is 0 Å². The lowest BCUT2D eigenvalue weighted by molar-refractivity contribution is -0.119. The Balaban J connectivity index is 2.13. The Hall–Kier alpha value is -2.25. The second-order valence-electron chi connectivity index (χ2n) is 6.30. The smallest absolute Gasteiger partial charge is 0.241 e. The number of halogens is 1. The number of carbonyl (C=O) groups is 1. The number of nitrogens with zero attached hydrogens (tertiary/aromatic N) is 1. The number of carbonyl (C=O) groups excluding carboxylic acids is 1. The number of hydrogen-bond donors (Lipinski definition) is 1. The number of ether oxygens (including phenoxy) is 1. The predicted molar refractivity (Wildman–Crippen MR) is 108 cm³/mol. The van der Waals surface area contributed by atoms with Gasteiger partial charge in [-0.25, -0.2) is 8.42 Å². The van der Waals surface area contributed by atoms with Gasteiger partial charge in [0.25, 0.3) is 0 Å². The molecule has 2 aromatic rings. The van der Waals surface area contributed by atoms with E-state index in [1.54, 1.807) is 42.5 Å². The highest BCUT2D eigenvalue weighted by atomic mass is 35.5. The first-order valence-corrected chi connectivity index (χ1v) is 10.6. The number of nitrogens with one attached hydrogen (secondary N) is 1. The van der Waals surface area contributed by atoms with Crippen molar-refractivity contribution in [3.8, 4) is 5.75 Å². The third-order valence-corrected chi connectivity index (χ3v) is 5.11. The molecule has 1 N–H and O–H groups in total. The van der Waals surface area contributed by atoms with E-state index in [9.17, 15) is 13.2 Å². The number of sulfonamides is 1. The highest BCUT2D eigenvalue weighted by molar-refractivity contribution is 7.92. The van der Waals surface area contributed by atoms with Gasteiger partial charge in [0.15, 0.2) is 0 Å². The van der Waals surface area contributed by atoms with Crippen molar-refractivity contribution in [3.05, 3.63) is 59.1 Å². The summed E-state index contributed by atoms with van der Waals surface area (Å²) in [6.45, 7) is 3.63. The molecule has 27 heavy (non-hydrogen) atoms. The van der Waals surface area contributed by atoms with Crippen LogP contribution in [-0.2, 0) is 21.4 Å². The Morgan fingerprint density at radius 3 is 2.52 bits per heavy atom. The summed E-state index contributed by atoms with van der Waals surface area (Å²) in [5.74, 6) is 0.100. The lowest BCUT2D eigenvalue weighted by Crippen LogP contribution is -2.40. The van der Waals surface area contributed by atoms with E-state index < -0.39 is 15.9 Å². The van der Waals surface area contributed by atoms with Crippen molar-refractivity contribution < 1.29 is 17.9 Å². The van der Waals surface area contributed by atoms with E-state index in [2.05, 4.69) is 5.32 Å². The van der Waals surface area contributed by atoms with Crippen LogP contribution in [-0.4, -0.2) is 33.2 Å². The summed E-state index contributed by atoms with van der Waals surface area (Å²) in [5, 5.41) is 3.24. The lowest BCUT2D eigenvalue weighted by Gasteiger charge is -2.23. The fourth-order valence-electron chi connectivity index (χ4n) is 2.41. The number of amides is 1. The summed E-state index contributed by atoms with van der Waals surface area (Å²) in [5.41, 5.74) is 1.12. The van der Waals surface area contributed by atoms with Gasteiger partial charge in [0.1, 0.15) is 12.3 Å². The van der Waals surface area contributed by atoms with Crippen LogP contribution < -0.4 is 14.4 Å². The number of anilines is 1. The van der Waals surface area contributed by atoms with Gasteiger partial charge in [0.05, 0.1) is 18.0 Å². The van der Waals surface area contributed by atoms with Crippen LogP contribution in [0.2, 0.25) is 5.02 Å². The third kappa shape index (κ3) is 6.45. The molecule has 0 bridgehead atoms. The van der Waals surface area contributed by atoms with Gasteiger partial charge in [-0.05, 0) is 37.6 Å². The molecule has 2 rings (SSSR count). The van der Waals surface area contributed by atoms with Crippen molar-refractivity contribution in [2.45, 2.75) is 26.5 Å². The Bertz CT molecular complexity index is 900. The van der Waals surface area contributed by atoms with Gasteiger partial charge in [-0.1, -0.05) is 35.9 Å². The Morgan fingerprint density at radius 1 is 1.19 bits per heavy atom. The minimum absolute atomic E-state index is 0.0501. The molecule has 0 aliphatic carbocycles. The fourth-order valence-corrected chi connectivity index (χ4v) is 3.46. The highest BCUT2D eigenvalue weighted by Gasteiger charge is 2.21. The van der Waals surface area contributed by atoms with Crippen LogP contribution >= 0.6 is 11.6 Å². The summed E-state index contributed by atoms with van der Waals surface area (Å²) in [6, 6.07) is 13.8. The largest absolute Gasteiger partial charge is 0.491 e. The van der Waals surface area contributed by atoms with E-state index in [1.807, 2.05) is 19.9 Å². The van der Waals surface area contributed by atoms with Crippen LogP contribution in [0.1, 0.15) is 19.4 Å². The zero-order valence-electron chi connectivity index (χ0n) is 15.5. The molecule has 0 heterocycles. The number of benzene rings is 2. The monoisotopic (exact) mass is 410 g/mol. The molecule has 0 spiro atoms. The van der Waals surface area contributed by atoms with E-state index in [4.69, 9.17) is 16.3 Å². The minimum atomic E-state index is -3.66. The summed E-state index contributed by atoms with van der Waals surface area (Å²) in [6.07, 6.45) is 1.01. The van der Waals surface area contributed by atoms with Gasteiger partial charge in [0.2, 0.25) is 15.9 Å². The van der Waals surface area contributed by atoms with E-state index in [-0.39, 0.29) is 19.2 Å². The van der Waals surface area contributed by atoms with Crippen molar-refractivity contribution >= 4 is 33.2 Å². The van der Waals surface area contributed by atoms with Crippen molar-refractivity contribution in [1.29, 1.82) is 0 Å². The summed E-state index contributed by atoms with van der Waals surface area (Å²) in [4.78, 5) is 12.3. The minimum Gasteiger partial charge on any atom is -0.491 e. The summed E-state index contributed by atoms with van der Waals surface area (Å²) in [7, 11) is -3.66. The molecule has 0 aromatic heterocycles. The van der Waals surface area contributed by atoms with E-state index in [0.29, 0.717) is 16.5 Å². The summed E-state index contributed by atoms with van der Waals surface area (Å²) < 4.78 is 31.1. The maximum atomic E-state index is 12.3. The predicted octanol–water partition coefficient (Wildman–Crippen LogP) is 3.21. The molecule has 0 unspecified atom stereocenters. The first kappa shape index (κ1) is 21.1. The fraction of sp³-hybridized carbons (Fsp3) is 0.316. The topological polar surface area (TPSA) is 75.7 Å². The highest BCUT2D eigenvalue weighted by Crippen LogP contribution is 2.24. The molecule has 0 fully saturated rings. The number of hydrogen-bond acceptors (Lipinski definition) is 4. The van der Waals surface area contributed by atoms with E-state index >= 15 is 0 Å². The molecule has 0 saturated carbocycles. The standard InChI is InChI=1S/C19H23ClN2O4S/c1-14(2)26-17-9-6-8-16(11-17)22(27(3,24)25)13-19(23)21-12-15-7-4-5-10-18(15)20/h4-11,14H,12-13H2,1-3H3,(H,21,23). The molecule has 0 aliphatic rings. The molecule has 0 radical (unpaired) electrons. The van der Waals surface area contributed by atoms with Gasteiger partial charge in [-0.3, -0.25) is 9.10 Å². The van der Waals surface area contributed by atoms with Gasteiger partial charge in [-0.2, -0.15) is 0 Å². The zero-order valence-corrected chi connectivity index (χ0v) is 17.0. The molecule has 0 saturated heterocycles. The normalized spacial score (nSPS) is 11.3. The molecular weight excluding hydrogens is 388 g/mol. The van der Waals surface area contributed by atoms with Gasteiger partial charge in [0, 0.05) is 17.6 Å². The molecule has 6 nitrogen and oxygen atoms in total. The first-order valence-electron chi connectivity index (χ1n) is 8.41. The lowest BCUT2D eigenvalue weighted by atomic mass is 10.2. The average molecular weight is 411 g/mol. The van der Waals surface area contributed by atoms with Crippen LogP contribution in [0.25, 0.3) is 0 Å². The van der Waals surface area contributed by atoms with E-state index in [1.165, 1.54) is 0 Å². The molecule has 0 aliphatic heterocycles. The maximum Gasteiger partial charge on any atom is 0.241 e. The second-order valence-corrected chi connectivity index (χ2v) is 8.62. The van der Waals surface area contributed by atoms with Crippen LogP contribution in [0.5, 0.6) is 5.75 Å². The Labute approximate surface area is 165 Å². The summed E-state index contributed by atoms with van der Waals surface area (Å²) >= 11 is 6.07. The molecule has 0 atom stereocenters. The van der Waals surface area contributed by atoms with Crippen molar-refractivity contribution in [1.82, 2.24) is 5.32 Å². The molecular formula is C19H23ClN2O4S. The van der Waals surface area contributed by atoms with Crippen molar-refractivity contribution in [3.63, 3.8) is 0 Å².